The van der Waals surface area contributed by atoms with Crippen LogP contribution in [0.25, 0.3) is 0 Å². The number of hydrogen-bond donors (Lipinski definition) is 0. The highest BCUT2D eigenvalue weighted by Crippen LogP contribution is 2.20. The van der Waals surface area contributed by atoms with E-state index in [0.717, 1.165) is 38.3 Å². The van der Waals surface area contributed by atoms with Gasteiger partial charge in [0.2, 0.25) is 0 Å². The van der Waals surface area contributed by atoms with Crippen molar-refractivity contribution in [1.82, 2.24) is 0 Å². The summed E-state index contributed by atoms with van der Waals surface area (Å²) in [5, 5.41) is 0. The summed E-state index contributed by atoms with van der Waals surface area (Å²) in [6.45, 7) is 15.9. The van der Waals surface area contributed by atoms with Gasteiger partial charge in [-0.15, -0.1) is 0 Å². The van der Waals surface area contributed by atoms with Crippen molar-refractivity contribution in [2.24, 2.45) is 0 Å². The highest BCUT2D eigenvalue weighted by Gasteiger charge is 2.39. The Balaban J connectivity index is 3.95. The Labute approximate surface area is 162 Å². The molecule has 0 aromatic rings. The summed E-state index contributed by atoms with van der Waals surface area (Å²) in [6, 6.07) is 0.842. The summed E-state index contributed by atoms with van der Waals surface area (Å²) < 4.78 is 34.1. The van der Waals surface area contributed by atoms with Gasteiger partial charge in [-0.25, -0.2) is 0 Å². The first kappa shape index (κ1) is 26.0. The Morgan fingerprint density at radius 1 is 0.846 bits per heavy atom. The van der Waals surface area contributed by atoms with Crippen LogP contribution >= 0.6 is 0 Å². The van der Waals surface area contributed by atoms with Gasteiger partial charge in [-0.05, 0) is 53.9 Å². The van der Waals surface area contributed by atoms with Gasteiger partial charge >= 0.3 is 8.80 Å². The molecule has 0 aliphatic carbocycles. The van der Waals surface area contributed by atoms with Crippen LogP contribution in [0.3, 0.4) is 0 Å². The molecule has 2 unspecified atom stereocenters. The number of rotatable bonds is 19. The summed E-state index contributed by atoms with van der Waals surface area (Å²) in [5.74, 6) is 0. The van der Waals surface area contributed by atoms with Crippen molar-refractivity contribution < 1.29 is 27.5 Å². The van der Waals surface area contributed by atoms with Crippen molar-refractivity contribution in [2.45, 2.75) is 71.6 Å². The maximum Gasteiger partial charge on any atom is 0.500 e. The molecular weight excluding hydrogens is 352 g/mol. The van der Waals surface area contributed by atoms with Crippen LogP contribution in [0, 0.1) is 6.92 Å². The fraction of sp³-hybridized carbons (Fsp3) is 0.947. The standard InChI is InChI=1S/C19H41O6Si/c1-7-23-26(24-8-2,25-9-3)16-11-10-13-18(4)22-17-19(5)21-15-12-14-20-6/h18-19H,4,7-17H2,1-3,5-6H3. The van der Waals surface area contributed by atoms with Crippen LogP contribution in [0.5, 0.6) is 0 Å². The lowest BCUT2D eigenvalue weighted by Crippen LogP contribution is -2.45. The molecule has 0 spiro atoms. The predicted molar refractivity (Wildman–Crippen MR) is 106 cm³/mol. The number of hydrogen-bond acceptors (Lipinski definition) is 6. The van der Waals surface area contributed by atoms with Crippen LogP contribution in [0.1, 0.15) is 53.4 Å². The van der Waals surface area contributed by atoms with Crippen LogP contribution in [0.2, 0.25) is 6.04 Å². The molecule has 0 heterocycles. The lowest BCUT2D eigenvalue weighted by molar-refractivity contribution is -0.0305. The van der Waals surface area contributed by atoms with Crippen LogP contribution in [0.4, 0.5) is 0 Å². The van der Waals surface area contributed by atoms with E-state index in [-0.39, 0.29) is 12.2 Å². The first-order valence-electron chi connectivity index (χ1n) is 10.0. The summed E-state index contributed by atoms with van der Waals surface area (Å²) in [7, 11) is -0.819. The van der Waals surface area contributed by atoms with Crippen molar-refractivity contribution in [1.29, 1.82) is 0 Å². The van der Waals surface area contributed by atoms with E-state index >= 15 is 0 Å². The van der Waals surface area contributed by atoms with Crippen LogP contribution in [-0.4, -0.2) is 67.8 Å². The van der Waals surface area contributed by atoms with E-state index < -0.39 is 8.80 Å². The third-order valence-electron chi connectivity index (χ3n) is 3.81. The molecule has 0 aromatic carbocycles. The molecule has 0 saturated carbocycles. The molecule has 0 aliphatic rings. The van der Waals surface area contributed by atoms with Gasteiger partial charge in [-0.2, -0.15) is 0 Å². The van der Waals surface area contributed by atoms with Crippen molar-refractivity contribution in [3.8, 4) is 0 Å². The van der Waals surface area contributed by atoms with E-state index in [1.165, 1.54) is 0 Å². The van der Waals surface area contributed by atoms with E-state index in [1.54, 1.807) is 7.11 Å². The Morgan fingerprint density at radius 2 is 1.46 bits per heavy atom. The minimum absolute atomic E-state index is 0.0256. The van der Waals surface area contributed by atoms with Crippen LogP contribution < -0.4 is 0 Å². The molecule has 26 heavy (non-hydrogen) atoms. The molecule has 0 saturated heterocycles. The predicted octanol–water partition coefficient (Wildman–Crippen LogP) is 3.87. The zero-order valence-corrected chi connectivity index (χ0v) is 18.6. The Morgan fingerprint density at radius 3 is 2.00 bits per heavy atom. The maximum absolute atomic E-state index is 5.87. The first-order chi connectivity index (χ1) is 12.5. The van der Waals surface area contributed by atoms with Crippen molar-refractivity contribution >= 4 is 8.80 Å². The normalized spacial score (nSPS) is 14.5. The molecule has 157 valence electrons. The minimum Gasteiger partial charge on any atom is -0.385 e. The van der Waals surface area contributed by atoms with Gasteiger partial charge in [0.1, 0.15) is 0 Å². The molecule has 0 aliphatic heterocycles. The second kappa shape index (κ2) is 17.1. The maximum atomic E-state index is 5.87. The second-order valence-corrected chi connectivity index (χ2v) is 8.94. The molecule has 7 heteroatoms. The molecule has 0 rings (SSSR count). The zero-order valence-electron chi connectivity index (χ0n) is 17.6. The lowest BCUT2D eigenvalue weighted by atomic mass is 10.2. The molecular formula is C19H41O6Si. The Bertz CT molecular complexity index is 289. The van der Waals surface area contributed by atoms with Gasteiger partial charge in [0.15, 0.2) is 0 Å². The SMILES string of the molecule is [CH2]C(CCCC[Si](OCC)(OCC)OCC)OCC(C)OCCCOC. The summed E-state index contributed by atoms with van der Waals surface area (Å²) in [4.78, 5) is 0. The van der Waals surface area contributed by atoms with Gasteiger partial charge in [0, 0.05) is 46.2 Å². The second-order valence-electron chi connectivity index (χ2n) is 6.21. The quantitative estimate of drug-likeness (QED) is 0.245. The van der Waals surface area contributed by atoms with E-state index in [1.807, 2.05) is 27.7 Å². The number of methoxy groups -OCH3 is 1. The Kier molecular flexibility index (Phi) is 17.1. The molecule has 0 bridgehead atoms. The third-order valence-corrected chi connectivity index (χ3v) is 6.97. The van der Waals surface area contributed by atoms with E-state index in [2.05, 4.69) is 6.92 Å². The van der Waals surface area contributed by atoms with Gasteiger partial charge in [0.25, 0.3) is 0 Å². The fourth-order valence-electron chi connectivity index (χ4n) is 2.61. The number of unbranched alkanes of at least 4 members (excludes halogenated alkanes) is 1. The highest BCUT2D eigenvalue weighted by atomic mass is 28.4. The van der Waals surface area contributed by atoms with Gasteiger partial charge < -0.3 is 27.5 Å². The molecule has 1 radical (unpaired) electrons. The molecule has 2 atom stereocenters. The molecule has 0 aromatic heterocycles. The van der Waals surface area contributed by atoms with Crippen molar-refractivity contribution in [3.05, 3.63) is 6.92 Å². The molecule has 0 amide bonds. The largest absolute Gasteiger partial charge is 0.500 e. The minimum atomic E-state index is -2.52. The fourth-order valence-corrected chi connectivity index (χ4v) is 5.29. The van der Waals surface area contributed by atoms with Gasteiger partial charge in [0.05, 0.1) is 18.8 Å². The lowest BCUT2D eigenvalue weighted by Gasteiger charge is -2.28. The van der Waals surface area contributed by atoms with Crippen molar-refractivity contribution in [2.75, 3.05) is 46.8 Å². The highest BCUT2D eigenvalue weighted by molar-refractivity contribution is 6.60. The monoisotopic (exact) mass is 393 g/mol. The third kappa shape index (κ3) is 13.2. The molecule has 0 fully saturated rings. The molecule has 0 N–H and O–H groups in total. The smallest absolute Gasteiger partial charge is 0.385 e. The Hall–Kier alpha value is -0.0231. The van der Waals surface area contributed by atoms with Crippen molar-refractivity contribution in [3.63, 3.8) is 0 Å². The first-order valence-corrected chi connectivity index (χ1v) is 11.9. The summed E-state index contributed by atoms with van der Waals surface area (Å²) in [5.41, 5.74) is 0. The average molecular weight is 394 g/mol. The summed E-state index contributed by atoms with van der Waals surface area (Å²) in [6.07, 6.45) is 3.86. The average Bonchev–Trinajstić information content (AvgIpc) is 2.61. The van der Waals surface area contributed by atoms with Gasteiger partial charge in [-0.1, -0.05) is 6.42 Å². The van der Waals surface area contributed by atoms with Crippen LogP contribution in [0.15, 0.2) is 0 Å². The number of ether oxygens (including phenoxy) is 3. The molecule has 6 nitrogen and oxygen atoms in total. The topological polar surface area (TPSA) is 55.4 Å². The van der Waals surface area contributed by atoms with E-state index in [9.17, 15) is 0 Å². The zero-order chi connectivity index (χ0) is 19.7. The van der Waals surface area contributed by atoms with Crippen LogP contribution in [-0.2, 0) is 27.5 Å². The van der Waals surface area contributed by atoms with E-state index in [4.69, 9.17) is 27.5 Å². The van der Waals surface area contributed by atoms with E-state index in [0.29, 0.717) is 33.0 Å². The van der Waals surface area contributed by atoms with Gasteiger partial charge in [-0.3, -0.25) is 0 Å². The summed E-state index contributed by atoms with van der Waals surface area (Å²) >= 11 is 0.